The Labute approximate surface area is 141 Å². The minimum Gasteiger partial charge on any atom is -0.205 e. The Balaban J connectivity index is 2.14. The molecule has 0 fully saturated rings. The number of isothiocyanates is 1. The van der Waals surface area contributed by atoms with Crippen LogP contribution in [0.15, 0.2) is 47.5 Å². The van der Waals surface area contributed by atoms with Crippen LogP contribution in [0.5, 0.6) is 0 Å². The molecule has 2 aromatic rings. The van der Waals surface area contributed by atoms with E-state index in [9.17, 15) is 4.39 Å². The van der Waals surface area contributed by atoms with E-state index >= 15 is 0 Å². The van der Waals surface area contributed by atoms with Gasteiger partial charge in [0.05, 0.1) is 5.16 Å². The molecule has 1 nitrogen and oxygen atoms in total. The largest absolute Gasteiger partial charge is 0.205 e. The number of nitrogens with zero attached hydrogens (tertiary/aromatic N) is 1. The van der Waals surface area contributed by atoms with Crippen LogP contribution in [0.3, 0.4) is 0 Å². The molecule has 0 radical (unpaired) electrons. The Hall–Kier alpha value is -2.71. The average molecular weight is 319 g/mol. The summed E-state index contributed by atoms with van der Waals surface area (Å²) in [4.78, 5) is 3.63. The molecule has 2 rings (SSSR count). The van der Waals surface area contributed by atoms with E-state index in [2.05, 4.69) is 53.0 Å². The van der Waals surface area contributed by atoms with Crippen LogP contribution < -0.4 is 0 Å². The van der Waals surface area contributed by atoms with Crippen LogP contribution in [0, 0.1) is 29.5 Å². The second-order valence-electron chi connectivity index (χ2n) is 4.75. The molecule has 0 N–H and O–H groups in total. The number of aliphatic imine (C=N–C) groups is 1. The third kappa shape index (κ3) is 5.20. The zero-order valence-corrected chi connectivity index (χ0v) is 13.5. The lowest BCUT2D eigenvalue weighted by molar-refractivity contribution is 0.629. The fraction of sp³-hybridized carbons (Fsp3) is 0.150. The van der Waals surface area contributed by atoms with Gasteiger partial charge < -0.3 is 0 Å². The van der Waals surface area contributed by atoms with E-state index in [1.54, 1.807) is 6.07 Å². The van der Waals surface area contributed by atoms with Crippen LogP contribution >= 0.6 is 12.2 Å². The van der Waals surface area contributed by atoms with Crippen LogP contribution in [-0.2, 0) is 0 Å². The van der Waals surface area contributed by atoms with Gasteiger partial charge in [0.15, 0.2) is 5.82 Å². The van der Waals surface area contributed by atoms with Gasteiger partial charge in [-0.25, -0.2) is 4.39 Å². The molecular formula is C20H14FNS. The monoisotopic (exact) mass is 319 g/mol. The Kier molecular flexibility index (Phi) is 6.28. The van der Waals surface area contributed by atoms with Crippen molar-refractivity contribution in [1.29, 1.82) is 0 Å². The number of hydrogen-bond acceptors (Lipinski definition) is 2. The van der Waals surface area contributed by atoms with Crippen molar-refractivity contribution >= 4 is 23.1 Å². The summed E-state index contributed by atoms with van der Waals surface area (Å²) in [5.41, 5.74) is 2.57. The van der Waals surface area contributed by atoms with Crippen LogP contribution in [0.1, 0.15) is 36.5 Å². The molecule has 0 amide bonds. The fourth-order valence-electron chi connectivity index (χ4n) is 1.80. The third-order valence-electron chi connectivity index (χ3n) is 2.96. The first-order chi connectivity index (χ1) is 11.2. The lowest BCUT2D eigenvalue weighted by atomic mass is 10.1. The van der Waals surface area contributed by atoms with E-state index in [0.29, 0.717) is 5.56 Å². The van der Waals surface area contributed by atoms with Gasteiger partial charge in [-0.15, -0.1) is 0 Å². The Morgan fingerprint density at radius 1 is 0.957 bits per heavy atom. The zero-order chi connectivity index (χ0) is 16.5. The molecule has 0 aliphatic carbocycles. The topological polar surface area (TPSA) is 12.4 Å². The summed E-state index contributed by atoms with van der Waals surface area (Å²) in [5.74, 6) is 11.7. The van der Waals surface area contributed by atoms with E-state index in [1.165, 1.54) is 12.1 Å². The Morgan fingerprint density at radius 3 is 2.17 bits per heavy atom. The van der Waals surface area contributed by atoms with Crippen LogP contribution in [0.25, 0.3) is 0 Å². The average Bonchev–Trinajstić information content (AvgIpc) is 2.57. The molecule has 3 heteroatoms. The van der Waals surface area contributed by atoms with Crippen molar-refractivity contribution in [1.82, 2.24) is 0 Å². The van der Waals surface area contributed by atoms with Crippen molar-refractivity contribution in [2.45, 2.75) is 19.8 Å². The molecule has 0 atom stereocenters. The summed E-state index contributed by atoms with van der Waals surface area (Å²) in [5, 5.41) is 2.15. The van der Waals surface area contributed by atoms with E-state index in [1.807, 2.05) is 24.3 Å². The number of halogens is 1. The van der Waals surface area contributed by atoms with Crippen molar-refractivity contribution < 1.29 is 4.39 Å². The number of rotatable bonds is 2. The lowest BCUT2D eigenvalue weighted by Gasteiger charge is -1.95. The molecule has 23 heavy (non-hydrogen) atoms. The van der Waals surface area contributed by atoms with Gasteiger partial charge in [0.1, 0.15) is 5.69 Å². The molecule has 0 aliphatic heterocycles. The molecule has 0 aliphatic rings. The minimum absolute atomic E-state index is 0.167. The van der Waals surface area contributed by atoms with E-state index in [-0.39, 0.29) is 5.69 Å². The molecule has 0 bridgehead atoms. The molecule has 0 saturated heterocycles. The van der Waals surface area contributed by atoms with Crippen molar-refractivity contribution in [3.05, 3.63) is 65.0 Å². The number of benzene rings is 2. The molecule has 112 valence electrons. The predicted molar refractivity (Wildman–Crippen MR) is 95.3 cm³/mol. The molecule has 0 heterocycles. The first kappa shape index (κ1) is 16.7. The van der Waals surface area contributed by atoms with Gasteiger partial charge in [0, 0.05) is 23.1 Å². The van der Waals surface area contributed by atoms with E-state index in [4.69, 9.17) is 0 Å². The van der Waals surface area contributed by atoms with Gasteiger partial charge in [-0.05, 0) is 61.1 Å². The summed E-state index contributed by atoms with van der Waals surface area (Å²) >= 11 is 4.46. The van der Waals surface area contributed by atoms with Gasteiger partial charge in [-0.3, -0.25) is 0 Å². The summed E-state index contributed by atoms with van der Waals surface area (Å²) in [6.45, 7) is 2.10. The predicted octanol–water partition coefficient (Wildman–Crippen LogP) is 5.11. The first-order valence-corrected chi connectivity index (χ1v) is 7.62. The maximum Gasteiger partial charge on any atom is 0.150 e. The van der Waals surface area contributed by atoms with Gasteiger partial charge in [0.2, 0.25) is 0 Å². The van der Waals surface area contributed by atoms with Crippen LogP contribution in [-0.4, -0.2) is 5.16 Å². The van der Waals surface area contributed by atoms with Gasteiger partial charge in [-0.1, -0.05) is 30.6 Å². The van der Waals surface area contributed by atoms with Gasteiger partial charge in [0.25, 0.3) is 0 Å². The smallest absolute Gasteiger partial charge is 0.150 e. The maximum atomic E-state index is 13.7. The number of unbranched alkanes of at least 4 members (excludes halogenated alkanes) is 1. The molecule has 0 spiro atoms. The zero-order valence-electron chi connectivity index (χ0n) is 12.7. The molecule has 0 aromatic heterocycles. The van der Waals surface area contributed by atoms with E-state index < -0.39 is 5.82 Å². The highest BCUT2D eigenvalue weighted by Gasteiger charge is 2.00. The van der Waals surface area contributed by atoms with Crippen molar-refractivity contribution in [2.75, 3.05) is 0 Å². The van der Waals surface area contributed by atoms with Crippen molar-refractivity contribution in [2.24, 2.45) is 4.99 Å². The first-order valence-electron chi connectivity index (χ1n) is 7.21. The minimum atomic E-state index is -0.462. The second kappa shape index (κ2) is 8.66. The van der Waals surface area contributed by atoms with Gasteiger partial charge >= 0.3 is 0 Å². The Morgan fingerprint density at radius 2 is 1.57 bits per heavy atom. The van der Waals surface area contributed by atoms with E-state index in [0.717, 1.165) is 24.0 Å². The standard InChI is InChI=1S/C20H14FNS/c1-2-3-4-5-16-6-8-17(9-7-16)10-11-18-12-13-20(22-15-23)19(21)14-18/h6-9,12-14H,2-3H2,1H3. The molecule has 0 saturated carbocycles. The van der Waals surface area contributed by atoms with Crippen LogP contribution in [0.4, 0.5) is 10.1 Å². The highest BCUT2D eigenvalue weighted by Crippen LogP contribution is 2.17. The second-order valence-corrected chi connectivity index (χ2v) is 4.93. The van der Waals surface area contributed by atoms with Gasteiger partial charge in [-0.2, -0.15) is 4.99 Å². The maximum absolute atomic E-state index is 13.7. The normalized spacial score (nSPS) is 8.96. The molecule has 2 aromatic carbocycles. The molecular weight excluding hydrogens is 305 g/mol. The van der Waals surface area contributed by atoms with Crippen molar-refractivity contribution in [3.8, 4) is 23.7 Å². The summed E-state index contributed by atoms with van der Waals surface area (Å²) in [6.07, 6.45) is 1.96. The summed E-state index contributed by atoms with van der Waals surface area (Å²) < 4.78 is 13.7. The summed E-state index contributed by atoms with van der Waals surface area (Å²) in [6, 6.07) is 12.3. The summed E-state index contributed by atoms with van der Waals surface area (Å²) in [7, 11) is 0. The fourth-order valence-corrected chi connectivity index (χ4v) is 1.89. The highest BCUT2D eigenvalue weighted by atomic mass is 32.1. The Bertz CT molecular complexity index is 854. The molecule has 0 unspecified atom stereocenters. The quantitative estimate of drug-likeness (QED) is 0.425. The third-order valence-corrected chi connectivity index (χ3v) is 3.05. The number of thiocarbonyl (C=S) groups is 1. The van der Waals surface area contributed by atoms with Crippen LogP contribution in [0.2, 0.25) is 0 Å². The lowest BCUT2D eigenvalue weighted by Crippen LogP contribution is -1.81. The highest BCUT2D eigenvalue weighted by molar-refractivity contribution is 7.78. The van der Waals surface area contributed by atoms with Crippen molar-refractivity contribution in [3.63, 3.8) is 0 Å². The SMILES string of the molecule is CCCC#Cc1ccc(C#Cc2ccc(N=C=S)c(F)c2)cc1. The number of hydrogen-bond donors (Lipinski definition) is 0.